The third-order valence-electron chi connectivity index (χ3n) is 3.26. The van der Waals surface area contributed by atoms with Crippen LogP contribution in [0.2, 0.25) is 0 Å². The Labute approximate surface area is 130 Å². The van der Waals surface area contributed by atoms with Gasteiger partial charge in [0.1, 0.15) is 5.75 Å². The summed E-state index contributed by atoms with van der Waals surface area (Å²) in [6.07, 6.45) is 0.860. The van der Waals surface area contributed by atoms with Gasteiger partial charge in [0.25, 0.3) is 5.91 Å². The second-order valence-electron chi connectivity index (χ2n) is 4.84. The predicted octanol–water partition coefficient (Wildman–Crippen LogP) is 2.82. The van der Waals surface area contributed by atoms with Gasteiger partial charge in [-0.05, 0) is 35.7 Å². The largest absolute Gasteiger partial charge is 0.483 e. The van der Waals surface area contributed by atoms with E-state index in [1.807, 2.05) is 37.3 Å². The monoisotopic (exact) mass is 294 g/mol. The van der Waals surface area contributed by atoms with Crippen molar-refractivity contribution in [1.29, 1.82) is 5.26 Å². The summed E-state index contributed by atoms with van der Waals surface area (Å²) in [7, 11) is 0. The van der Waals surface area contributed by atoms with Crippen LogP contribution in [0.5, 0.6) is 5.75 Å². The van der Waals surface area contributed by atoms with Crippen LogP contribution in [0, 0.1) is 11.3 Å². The summed E-state index contributed by atoms with van der Waals surface area (Å²) in [5.74, 6) is 0.555. The van der Waals surface area contributed by atoms with E-state index in [1.165, 1.54) is 0 Å². The Hall–Kier alpha value is -2.80. The standard InChI is InChI=1S/C18H18N2O2/c1-2-16-8-3-4-9-17(16)22-13-18(21)20-12-15-7-5-6-14(10-15)11-19/h3-10H,2,12-13H2,1H3,(H,20,21). The van der Waals surface area contributed by atoms with Crippen LogP contribution in [-0.2, 0) is 17.8 Å². The summed E-state index contributed by atoms with van der Waals surface area (Å²) >= 11 is 0. The fourth-order valence-corrected chi connectivity index (χ4v) is 2.08. The average molecular weight is 294 g/mol. The number of carbonyl (C=O) groups is 1. The van der Waals surface area contributed by atoms with Gasteiger partial charge in [-0.25, -0.2) is 0 Å². The third kappa shape index (κ3) is 4.35. The Morgan fingerprint density at radius 2 is 2.05 bits per heavy atom. The van der Waals surface area contributed by atoms with Gasteiger partial charge in [0.05, 0.1) is 11.6 Å². The molecule has 0 fully saturated rings. The second kappa shape index (κ2) is 7.84. The molecule has 1 N–H and O–H groups in total. The lowest BCUT2D eigenvalue weighted by molar-refractivity contribution is -0.123. The number of carbonyl (C=O) groups excluding carboxylic acids is 1. The van der Waals surface area contributed by atoms with E-state index in [4.69, 9.17) is 10.00 Å². The van der Waals surface area contributed by atoms with Crippen LogP contribution in [0.4, 0.5) is 0 Å². The van der Waals surface area contributed by atoms with Crippen LogP contribution in [0.25, 0.3) is 0 Å². The van der Waals surface area contributed by atoms with E-state index in [2.05, 4.69) is 11.4 Å². The highest BCUT2D eigenvalue weighted by molar-refractivity contribution is 5.77. The van der Waals surface area contributed by atoms with E-state index in [9.17, 15) is 4.79 Å². The van der Waals surface area contributed by atoms with Crippen LogP contribution in [-0.4, -0.2) is 12.5 Å². The number of nitriles is 1. The Kier molecular flexibility index (Phi) is 5.56. The minimum atomic E-state index is -0.187. The molecule has 2 aromatic rings. The first-order valence-electron chi connectivity index (χ1n) is 7.19. The molecule has 0 saturated heterocycles. The van der Waals surface area contributed by atoms with Crippen molar-refractivity contribution in [3.63, 3.8) is 0 Å². The van der Waals surface area contributed by atoms with Crippen molar-refractivity contribution in [3.8, 4) is 11.8 Å². The highest BCUT2D eigenvalue weighted by atomic mass is 16.5. The molecule has 0 aliphatic rings. The molecule has 0 aromatic heterocycles. The van der Waals surface area contributed by atoms with Gasteiger partial charge in [-0.2, -0.15) is 5.26 Å². The van der Waals surface area contributed by atoms with Crippen molar-refractivity contribution in [2.75, 3.05) is 6.61 Å². The Balaban J connectivity index is 1.84. The van der Waals surface area contributed by atoms with Gasteiger partial charge in [0.15, 0.2) is 6.61 Å². The lowest BCUT2D eigenvalue weighted by atomic mass is 10.1. The summed E-state index contributed by atoms with van der Waals surface area (Å²) < 4.78 is 5.56. The normalized spacial score (nSPS) is 9.82. The van der Waals surface area contributed by atoms with E-state index >= 15 is 0 Å². The van der Waals surface area contributed by atoms with Gasteiger partial charge in [0, 0.05) is 6.54 Å². The molecule has 0 radical (unpaired) electrons. The minimum absolute atomic E-state index is 0.0189. The molecule has 4 nitrogen and oxygen atoms in total. The molecule has 0 bridgehead atoms. The van der Waals surface area contributed by atoms with Gasteiger partial charge in [-0.1, -0.05) is 37.3 Å². The lowest BCUT2D eigenvalue weighted by Gasteiger charge is -2.10. The van der Waals surface area contributed by atoms with E-state index in [1.54, 1.807) is 18.2 Å². The summed E-state index contributed by atoms with van der Waals surface area (Å²) in [4.78, 5) is 11.8. The molecule has 22 heavy (non-hydrogen) atoms. The topological polar surface area (TPSA) is 62.1 Å². The summed E-state index contributed by atoms with van der Waals surface area (Å²) in [6, 6.07) is 16.9. The van der Waals surface area contributed by atoms with Gasteiger partial charge < -0.3 is 10.1 Å². The molecule has 0 saturated carbocycles. The molecule has 1 amide bonds. The molecule has 112 valence electrons. The molecule has 2 rings (SSSR count). The fourth-order valence-electron chi connectivity index (χ4n) is 2.08. The number of benzene rings is 2. The molecular weight excluding hydrogens is 276 g/mol. The maximum atomic E-state index is 11.8. The lowest BCUT2D eigenvalue weighted by Crippen LogP contribution is -2.28. The molecule has 0 aliphatic carbocycles. The molecule has 4 heteroatoms. The number of rotatable bonds is 6. The number of hydrogen-bond donors (Lipinski definition) is 1. The van der Waals surface area contributed by atoms with Gasteiger partial charge in [0.2, 0.25) is 0 Å². The van der Waals surface area contributed by atoms with Crippen molar-refractivity contribution in [3.05, 3.63) is 65.2 Å². The molecule has 0 unspecified atom stereocenters. The number of nitrogens with zero attached hydrogens (tertiary/aromatic N) is 1. The van der Waals surface area contributed by atoms with Crippen molar-refractivity contribution >= 4 is 5.91 Å². The van der Waals surface area contributed by atoms with Crippen LogP contribution >= 0.6 is 0 Å². The Morgan fingerprint density at radius 3 is 2.82 bits per heavy atom. The molecule has 0 atom stereocenters. The Bertz CT molecular complexity index is 689. The summed E-state index contributed by atoms with van der Waals surface area (Å²) in [6.45, 7) is 2.41. The SMILES string of the molecule is CCc1ccccc1OCC(=O)NCc1cccc(C#N)c1. The van der Waals surface area contributed by atoms with Crippen LogP contribution < -0.4 is 10.1 Å². The second-order valence-corrected chi connectivity index (χ2v) is 4.84. The highest BCUT2D eigenvalue weighted by Crippen LogP contribution is 2.17. The zero-order valence-corrected chi connectivity index (χ0v) is 12.5. The fraction of sp³-hybridized carbons (Fsp3) is 0.222. The van der Waals surface area contributed by atoms with Gasteiger partial charge >= 0.3 is 0 Å². The first kappa shape index (κ1) is 15.6. The first-order valence-corrected chi connectivity index (χ1v) is 7.19. The highest BCUT2D eigenvalue weighted by Gasteiger charge is 2.05. The first-order chi connectivity index (χ1) is 10.7. The average Bonchev–Trinajstić information content (AvgIpc) is 2.58. The maximum absolute atomic E-state index is 11.8. The van der Waals surface area contributed by atoms with Crippen molar-refractivity contribution in [2.24, 2.45) is 0 Å². The van der Waals surface area contributed by atoms with Crippen LogP contribution in [0.3, 0.4) is 0 Å². The number of hydrogen-bond acceptors (Lipinski definition) is 3. The summed E-state index contributed by atoms with van der Waals surface area (Å²) in [5.41, 5.74) is 2.55. The molecule has 0 aliphatic heterocycles. The smallest absolute Gasteiger partial charge is 0.258 e. The third-order valence-corrected chi connectivity index (χ3v) is 3.26. The zero-order valence-electron chi connectivity index (χ0n) is 12.5. The van der Waals surface area contributed by atoms with Crippen LogP contribution in [0.1, 0.15) is 23.6 Å². The van der Waals surface area contributed by atoms with E-state index in [-0.39, 0.29) is 12.5 Å². The number of amides is 1. The van der Waals surface area contributed by atoms with Crippen molar-refractivity contribution in [1.82, 2.24) is 5.32 Å². The number of ether oxygens (including phenoxy) is 1. The van der Waals surface area contributed by atoms with E-state index < -0.39 is 0 Å². The van der Waals surface area contributed by atoms with Crippen molar-refractivity contribution < 1.29 is 9.53 Å². The molecular formula is C18H18N2O2. The molecule has 2 aromatic carbocycles. The van der Waals surface area contributed by atoms with Crippen LogP contribution in [0.15, 0.2) is 48.5 Å². The predicted molar refractivity (Wildman–Crippen MR) is 84.3 cm³/mol. The summed E-state index contributed by atoms with van der Waals surface area (Å²) in [5, 5.41) is 11.6. The van der Waals surface area contributed by atoms with E-state index in [0.717, 1.165) is 23.3 Å². The zero-order chi connectivity index (χ0) is 15.8. The quantitative estimate of drug-likeness (QED) is 0.891. The molecule has 0 spiro atoms. The number of aryl methyl sites for hydroxylation is 1. The minimum Gasteiger partial charge on any atom is -0.483 e. The molecule has 0 heterocycles. The number of para-hydroxylation sites is 1. The van der Waals surface area contributed by atoms with Crippen molar-refractivity contribution in [2.45, 2.75) is 19.9 Å². The maximum Gasteiger partial charge on any atom is 0.258 e. The number of nitrogens with one attached hydrogen (secondary N) is 1. The van der Waals surface area contributed by atoms with Gasteiger partial charge in [-0.15, -0.1) is 0 Å². The Morgan fingerprint density at radius 1 is 1.23 bits per heavy atom. The van der Waals surface area contributed by atoms with E-state index in [0.29, 0.717) is 12.1 Å². The van der Waals surface area contributed by atoms with Gasteiger partial charge in [-0.3, -0.25) is 4.79 Å².